The van der Waals surface area contributed by atoms with E-state index in [1.807, 2.05) is 6.07 Å². The highest BCUT2D eigenvalue weighted by molar-refractivity contribution is 5.89. The molecule has 1 aliphatic carbocycles. The molecule has 1 N–H and O–H groups in total. The summed E-state index contributed by atoms with van der Waals surface area (Å²) in [6.45, 7) is 0.406. The van der Waals surface area contributed by atoms with Crippen molar-refractivity contribution in [1.82, 2.24) is 25.2 Å². The highest BCUT2D eigenvalue weighted by atomic mass is 16.5. The lowest BCUT2D eigenvalue weighted by molar-refractivity contribution is 0.0600. The van der Waals surface area contributed by atoms with Crippen LogP contribution in [0.5, 0.6) is 0 Å². The molecule has 128 valence electrons. The molecule has 0 unspecified atom stereocenters. The average molecular weight is 340 g/mol. The summed E-state index contributed by atoms with van der Waals surface area (Å²) in [4.78, 5) is 11.6. The van der Waals surface area contributed by atoms with Crippen molar-refractivity contribution in [2.75, 3.05) is 12.4 Å². The van der Waals surface area contributed by atoms with E-state index in [4.69, 9.17) is 9.15 Å². The minimum atomic E-state index is -0.397. The predicted octanol–water partition coefficient (Wildman–Crippen LogP) is 1.93. The van der Waals surface area contributed by atoms with Crippen LogP contribution in [0.4, 0.5) is 6.01 Å². The van der Waals surface area contributed by atoms with E-state index in [-0.39, 0.29) is 0 Å². The minimum Gasteiger partial charge on any atom is -0.465 e. The molecular weight excluding hydrogens is 324 g/mol. The molecule has 0 spiro atoms. The maximum atomic E-state index is 11.6. The standard InChI is InChI=1S/C16H16N6O3/c1-24-15(23)11-3-2-4-13(7-11)22-9-12(18-21-22)8-17-16-20-19-14(25-16)10-5-6-10/h2-4,7,9-10H,5-6,8H2,1H3,(H,17,20). The van der Waals surface area contributed by atoms with Crippen LogP contribution in [0.25, 0.3) is 5.69 Å². The zero-order chi connectivity index (χ0) is 17.2. The molecule has 1 aliphatic rings. The van der Waals surface area contributed by atoms with Gasteiger partial charge in [0, 0.05) is 5.92 Å². The van der Waals surface area contributed by atoms with Crippen LogP contribution in [-0.4, -0.2) is 38.3 Å². The Balaban J connectivity index is 1.43. The molecule has 1 saturated carbocycles. The summed E-state index contributed by atoms with van der Waals surface area (Å²) in [6, 6.07) is 7.35. The molecule has 9 nitrogen and oxygen atoms in total. The van der Waals surface area contributed by atoms with Gasteiger partial charge in [-0.2, -0.15) is 0 Å². The predicted molar refractivity (Wildman–Crippen MR) is 86.3 cm³/mol. The molecule has 9 heteroatoms. The molecule has 3 aromatic rings. The second kappa shape index (κ2) is 6.34. The quantitative estimate of drug-likeness (QED) is 0.678. The number of methoxy groups -OCH3 is 1. The summed E-state index contributed by atoms with van der Waals surface area (Å²) >= 11 is 0. The van der Waals surface area contributed by atoms with E-state index in [2.05, 4.69) is 25.8 Å². The van der Waals surface area contributed by atoms with E-state index < -0.39 is 5.97 Å². The monoisotopic (exact) mass is 340 g/mol. The second-order valence-electron chi connectivity index (χ2n) is 5.77. The van der Waals surface area contributed by atoms with Crippen molar-refractivity contribution in [3.05, 3.63) is 47.6 Å². The van der Waals surface area contributed by atoms with E-state index in [0.717, 1.165) is 18.5 Å². The Hall–Kier alpha value is -3.23. The van der Waals surface area contributed by atoms with E-state index in [1.54, 1.807) is 29.1 Å². The maximum Gasteiger partial charge on any atom is 0.337 e. The Bertz CT molecular complexity index is 899. The summed E-state index contributed by atoms with van der Waals surface area (Å²) in [5.41, 5.74) is 1.87. The van der Waals surface area contributed by atoms with Crippen LogP contribution in [-0.2, 0) is 11.3 Å². The van der Waals surface area contributed by atoms with Crippen LogP contribution in [0.2, 0.25) is 0 Å². The Labute approximate surface area is 143 Å². The van der Waals surface area contributed by atoms with Gasteiger partial charge in [0.05, 0.1) is 31.1 Å². The Morgan fingerprint density at radius 3 is 3.04 bits per heavy atom. The molecule has 0 saturated heterocycles. The highest BCUT2D eigenvalue weighted by Gasteiger charge is 2.29. The number of hydrogen-bond acceptors (Lipinski definition) is 8. The molecule has 25 heavy (non-hydrogen) atoms. The van der Waals surface area contributed by atoms with Crippen molar-refractivity contribution in [1.29, 1.82) is 0 Å². The number of rotatable bonds is 6. The molecule has 1 fully saturated rings. The number of nitrogens with zero attached hydrogens (tertiary/aromatic N) is 5. The number of aromatic nitrogens is 5. The fraction of sp³-hybridized carbons (Fsp3) is 0.312. The first-order valence-corrected chi connectivity index (χ1v) is 7.90. The van der Waals surface area contributed by atoms with Gasteiger partial charge in [-0.3, -0.25) is 0 Å². The lowest BCUT2D eigenvalue weighted by Gasteiger charge is -2.03. The van der Waals surface area contributed by atoms with Gasteiger partial charge in [-0.25, -0.2) is 9.48 Å². The number of ether oxygens (including phenoxy) is 1. The largest absolute Gasteiger partial charge is 0.465 e. The van der Waals surface area contributed by atoms with Crippen LogP contribution in [0.3, 0.4) is 0 Å². The maximum absolute atomic E-state index is 11.6. The summed E-state index contributed by atoms with van der Waals surface area (Å²) in [6.07, 6.45) is 3.99. The number of hydrogen-bond donors (Lipinski definition) is 1. The Morgan fingerprint density at radius 1 is 1.36 bits per heavy atom. The number of carbonyl (C=O) groups excluding carboxylic acids is 1. The molecule has 2 heterocycles. The van der Waals surface area contributed by atoms with Crippen LogP contribution < -0.4 is 5.32 Å². The number of esters is 1. The Kier molecular flexibility index (Phi) is 3.88. The summed E-state index contributed by atoms with van der Waals surface area (Å²) in [7, 11) is 1.35. The third kappa shape index (κ3) is 3.35. The fourth-order valence-electron chi connectivity index (χ4n) is 2.37. The first-order chi connectivity index (χ1) is 12.2. The lowest BCUT2D eigenvalue weighted by atomic mass is 10.2. The zero-order valence-corrected chi connectivity index (χ0v) is 13.5. The highest BCUT2D eigenvalue weighted by Crippen LogP contribution is 2.39. The van der Waals surface area contributed by atoms with Crippen molar-refractivity contribution in [2.45, 2.75) is 25.3 Å². The summed E-state index contributed by atoms with van der Waals surface area (Å²) in [5, 5.41) is 19.2. The van der Waals surface area contributed by atoms with E-state index in [1.165, 1.54) is 7.11 Å². The molecule has 0 amide bonds. The average Bonchev–Trinajstić information content (AvgIpc) is 3.20. The van der Waals surface area contributed by atoms with Crippen molar-refractivity contribution < 1.29 is 13.9 Å². The number of nitrogens with one attached hydrogen (secondary N) is 1. The van der Waals surface area contributed by atoms with E-state index in [0.29, 0.717) is 35.6 Å². The number of anilines is 1. The first-order valence-electron chi connectivity index (χ1n) is 7.90. The van der Waals surface area contributed by atoms with Gasteiger partial charge in [-0.1, -0.05) is 16.4 Å². The molecular formula is C16H16N6O3. The molecule has 4 rings (SSSR count). The molecule has 0 atom stereocenters. The van der Waals surface area contributed by atoms with Gasteiger partial charge in [-0.05, 0) is 31.0 Å². The zero-order valence-electron chi connectivity index (χ0n) is 13.5. The van der Waals surface area contributed by atoms with Crippen LogP contribution >= 0.6 is 0 Å². The van der Waals surface area contributed by atoms with Crippen molar-refractivity contribution in [3.8, 4) is 5.69 Å². The topological polar surface area (TPSA) is 108 Å². The normalized spacial score (nSPS) is 13.6. The third-order valence-corrected chi connectivity index (χ3v) is 3.86. The smallest absolute Gasteiger partial charge is 0.337 e. The summed E-state index contributed by atoms with van der Waals surface area (Å²) in [5.74, 6) is 0.712. The fourth-order valence-corrected chi connectivity index (χ4v) is 2.37. The number of carbonyl (C=O) groups is 1. The van der Waals surface area contributed by atoms with Crippen LogP contribution in [0, 0.1) is 0 Å². The van der Waals surface area contributed by atoms with Gasteiger partial charge in [-0.15, -0.1) is 10.2 Å². The van der Waals surface area contributed by atoms with Crippen molar-refractivity contribution >= 4 is 12.0 Å². The number of benzene rings is 1. The second-order valence-corrected chi connectivity index (χ2v) is 5.77. The minimum absolute atomic E-state index is 0.379. The molecule has 2 aromatic heterocycles. The summed E-state index contributed by atoms with van der Waals surface area (Å²) < 4.78 is 11.9. The molecule has 0 bridgehead atoms. The van der Waals surface area contributed by atoms with Crippen molar-refractivity contribution in [2.24, 2.45) is 0 Å². The molecule has 0 aliphatic heterocycles. The Morgan fingerprint density at radius 2 is 2.24 bits per heavy atom. The van der Waals surface area contributed by atoms with Gasteiger partial charge in [0.1, 0.15) is 5.69 Å². The van der Waals surface area contributed by atoms with E-state index >= 15 is 0 Å². The van der Waals surface area contributed by atoms with Crippen LogP contribution in [0.1, 0.15) is 40.7 Å². The van der Waals surface area contributed by atoms with Gasteiger partial charge in [0.15, 0.2) is 0 Å². The molecule has 1 aromatic carbocycles. The van der Waals surface area contributed by atoms with Gasteiger partial charge in [0.2, 0.25) is 5.89 Å². The van der Waals surface area contributed by atoms with Crippen LogP contribution in [0.15, 0.2) is 34.9 Å². The SMILES string of the molecule is COC(=O)c1cccc(-n2cc(CNc3nnc(C4CC4)o3)nn2)c1. The lowest BCUT2D eigenvalue weighted by Crippen LogP contribution is -2.03. The van der Waals surface area contributed by atoms with Crippen molar-refractivity contribution in [3.63, 3.8) is 0 Å². The molecule has 0 radical (unpaired) electrons. The van der Waals surface area contributed by atoms with Gasteiger partial charge in [0.25, 0.3) is 0 Å². The third-order valence-electron chi connectivity index (χ3n) is 3.86. The van der Waals surface area contributed by atoms with Gasteiger partial charge < -0.3 is 14.5 Å². The first kappa shape index (κ1) is 15.3. The van der Waals surface area contributed by atoms with E-state index in [9.17, 15) is 4.79 Å². The van der Waals surface area contributed by atoms with Gasteiger partial charge >= 0.3 is 12.0 Å².